The number of nitrogens with one attached hydrogen (secondary N) is 1. The number of urea groups is 1. The minimum absolute atomic E-state index is 0.122. The van der Waals surface area contributed by atoms with Crippen LogP contribution >= 0.6 is 23.1 Å². The lowest BCUT2D eigenvalue weighted by atomic mass is 10.1. The quantitative estimate of drug-likeness (QED) is 0.895. The molecule has 21 heavy (non-hydrogen) atoms. The molecule has 0 saturated carbocycles. The van der Waals surface area contributed by atoms with Crippen molar-refractivity contribution < 1.29 is 14.7 Å². The van der Waals surface area contributed by atoms with E-state index in [-0.39, 0.29) is 17.4 Å². The highest BCUT2D eigenvalue weighted by molar-refractivity contribution is 8.00. The van der Waals surface area contributed by atoms with Crippen LogP contribution in [0.4, 0.5) is 4.79 Å². The molecular weight excluding hydrogens is 308 g/mol. The van der Waals surface area contributed by atoms with Crippen molar-refractivity contribution in [3.05, 3.63) is 21.4 Å². The highest BCUT2D eigenvalue weighted by atomic mass is 32.2. The molecule has 3 unspecified atom stereocenters. The van der Waals surface area contributed by atoms with E-state index < -0.39 is 12.0 Å². The van der Waals surface area contributed by atoms with Gasteiger partial charge in [0.15, 0.2) is 0 Å². The molecule has 2 N–H and O–H groups in total. The lowest BCUT2D eigenvalue weighted by Gasteiger charge is -2.27. The molecule has 2 heterocycles. The fraction of sp³-hybridized carbons (Fsp3) is 0.571. The molecule has 0 radical (unpaired) electrons. The Bertz CT molecular complexity index is 558. The molecule has 0 aromatic carbocycles. The first-order chi connectivity index (χ1) is 9.81. The number of amides is 2. The van der Waals surface area contributed by atoms with Crippen LogP contribution in [0.15, 0.2) is 6.07 Å². The number of nitrogens with zero attached hydrogens (tertiary/aromatic N) is 1. The molecule has 2 rings (SSSR count). The molecule has 1 aliphatic heterocycles. The van der Waals surface area contributed by atoms with Crippen LogP contribution in [-0.4, -0.2) is 39.2 Å². The van der Waals surface area contributed by atoms with Gasteiger partial charge < -0.3 is 10.4 Å². The lowest BCUT2D eigenvalue weighted by molar-refractivity contribution is -0.141. The van der Waals surface area contributed by atoms with E-state index in [1.165, 1.54) is 26.4 Å². The van der Waals surface area contributed by atoms with Crippen molar-refractivity contribution >= 4 is 35.1 Å². The average molecular weight is 328 g/mol. The zero-order valence-corrected chi connectivity index (χ0v) is 14.2. The van der Waals surface area contributed by atoms with Crippen LogP contribution in [0.1, 0.15) is 35.2 Å². The van der Waals surface area contributed by atoms with Crippen molar-refractivity contribution in [3.63, 3.8) is 0 Å². The number of thioether (sulfide) groups is 1. The molecule has 1 aliphatic rings. The summed E-state index contributed by atoms with van der Waals surface area (Å²) < 4.78 is 0. The van der Waals surface area contributed by atoms with Crippen LogP contribution in [0.5, 0.6) is 0 Å². The summed E-state index contributed by atoms with van der Waals surface area (Å²) in [6.07, 6.45) is 0. The Kier molecular flexibility index (Phi) is 4.83. The maximum atomic E-state index is 12.4. The number of carbonyl (C=O) groups is 2. The minimum atomic E-state index is -0.947. The predicted molar refractivity (Wildman–Crippen MR) is 85.9 cm³/mol. The van der Waals surface area contributed by atoms with Gasteiger partial charge in [0.1, 0.15) is 6.04 Å². The molecule has 3 atom stereocenters. The number of rotatable bonds is 3. The number of carbonyl (C=O) groups excluding carboxylic acids is 1. The zero-order chi connectivity index (χ0) is 15.7. The molecular formula is C14H20N2O3S2. The maximum absolute atomic E-state index is 12.4. The second kappa shape index (κ2) is 6.27. The summed E-state index contributed by atoms with van der Waals surface area (Å²) in [5, 5.41) is 12.0. The van der Waals surface area contributed by atoms with E-state index in [0.29, 0.717) is 5.75 Å². The lowest BCUT2D eigenvalue weighted by Crippen LogP contribution is -2.49. The van der Waals surface area contributed by atoms with Crippen molar-refractivity contribution in [3.8, 4) is 0 Å². The first-order valence-corrected chi connectivity index (χ1v) is 8.68. The van der Waals surface area contributed by atoms with Gasteiger partial charge in [0.25, 0.3) is 0 Å². The first kappa shape index (κ1) is 16.2. The number of aliphatic carboxylic acids is 1. The summed E-state index contributed by atoms with van der Waals surface area (Å²) >= 11 is 3.19. The predicted octanol–water partition coefficient (Wildman–Crippen LogP) is 2.98. The smallest absolute Gasteiger partial charge is 0.327 e. The maximum Gasteiger partial charge on any atom is 0.327 e. The van der Waals surface area contributed by atoms with Crippen molar-refractivity contribution in [2.45, 2.75) is 45.2 Å². The molecule has 2 amide bonds. The van der Waals surface area contributed by atoms with Crippen LogP contribution in [0.2, 0.25) is 0 Å². The van der Waals surface area contributed by atoms with Gasteiger partial charge >= 0.3 is 12.0 Å². The Balaban J connectivity index is 2.10. The Hall–Kier alpha value is -1.21. The zero-order valence-electron chi connectivity index (χ0n) is 12.5. The van der Waals surface area contributed by atoms with Crippen molar-refractivity contribution in [2.24, 2.45) is 0 Å². The Morgan fingerprint density at radius 2 is 2.14 bits per heavy atom. The minimum Gasteiger partial charge on any atom is -0.480 e. The number of thiophene rings is 1. The van der Waals surface area contributed by atoms with Gasteiger partial charge in [-0.25, -0.2) is 9.59 Å². The number of aryl methyl sites for hydroxylation is 2. The molecule has 0 bridgehead atoms. The van der Waals surface area contributed by atoms with E-state index in [4.69, 9.17) is 0 Å². The van der Waals surface area contributed by atoms with Crippen LogP contribution in [0.3, 0.4) is 0 Å². The van der Waals surface area contributed by atoms with Crippen LogP contribution in [0.25, 0.3) is 0 Å². The summed E-state index contributed by atoms with van der Waals surface area (Å²) in [5.41, 5.74) is 1.09. The third-order valence-electron chi connectivity index (χ3n) is 3.63. The second-order valence-electron chi connectivity index (χ2n) is 5.23. The second-order valence-corrected chi connectivity index (χ2v) is 8.04. The highest BCUT2D eigenvalue weighted by Gasteiger charge is 2.39. The largest absolute Gasteiger partial charge is 0.480 e. The molecule has 116 valence electrons. The molecule has 5 nitrogen and oxygen atoms in total. The standard InChI is InChI=1S/C14H20N2O3S2/c1-7-5-11(9(3)21-7)8(2)15-14(19)16-10(4)20-6-12(16)13(17)18/h5,8,10,12H,6H2,1-4H3,(H,15,19)(H,17,18). The highest BCUT2D eigenvalue weighted by Crippen LogP contribution is 2.30. The molecule has 1 saturated heterocycles. The average Bonchev–Trinajstić information content (AvgIpc) is 2.92. The van der Waals surface area contributed by atoms with Crippen LogP contribution in [0, 0.1) is 13.8 Å². The SMILES string of the molecule is Cc1cc(C(C)NC(=O)N2C(C)SCC2C(=O)O)c(C)s1. The normalized spacial score (nSPS) is 23.1. The molecule has 1 aromatic heterocycles. The summed E-state index contributed by atoms with van der Waals surface area (Å²) in [6, 6.07) is 0.884. The van der Waals surface area contributed by atoms with Gasteiger partial charge in [0, 0.05) is 15.5 Å². The van der Waals surface area contributed by atoms with Crippen LogP contribution in [-0.2, 0) is 4.79 Å². The van der Waals surface area contributed by atoms with E-state index in [9.17, 15) is 14.7 Å². The Morgan fingerprint density at radius 3 is 2.67 bits per heavy atom. The Morgan fingerprint density at radius 1 is 1.48 bits per heavy atom. The molecule has 0 aliphatic carbocycles. The van der Waals surface area contributed by atoms with Gasteiger partial charge in [0.05, 0.1) is 11.4 Å². The van der Waals surface area contributed by atoms with Gasteiger partial charge in [0.2, 0.25) is 0 Å². The fourth-order valence-electron chi connectivity index (χ4n) is 2.56. The van der Waals surface area contributed by atoms with Gasteiger partial charge in [-0.05, 0) is 39.3 Å². The third-order valence-corrected chi connectivity index (χ3v) is 5.83. The summed E-state index contributed by atoms with van der Waals surface area (Å²) in [4.78, 5) is 27.5. The van der Waals surface area contributed by atoms with Gasteiger partial charge in [-0.15, -0.1) is 23.1 Å². The van der Waals surface area contributed by atoms with Gasteiger partial charge in [-0.2, -0.15) is 0 Å². The van der Waals surface area contributed by atoms with Crippen molar-refractivity contribution in [2.75, 3.05) is 5.75 Å². The Labute approximate surface area is 132 Å². The number of hydrogen-bond donors (Lipinski definition) is 2. The van der Waals surface area contributed by atoms with E-state index in [2.05, 4.69) is 11.4 Å². The topological polar surface area (TPSA) is 69.6 Å². The first-order valence-electron chi connectivity index (χ1n) is 6.81. The summed E-state index contributed by atoms with van der Waals surface area (Å²) in [7, 11) is 0. The number of carboxylic acid groups (broad SMARTS) is 1. The van der Waals surface area contributed by atoms with E-state index in [1.807, 2.05) is 27.7 Å². The summed E-state index contributed by atoms with van der Waals surface area (Å²) in [5.74, 6) is -0.508. The van der Waals surface area contributed by atoms with Crippen molar-refractivity contribution in [1.82, 2.24) is 10.2 Å². The molecule has 7 heteroatoms. The third kappa shape index (κ3) is 3.35. The van der Waals surface area contributed by atoms with Gasteiger partial charge in [-0.3, -0.25) is 4.90 Å². The number of carboxylic acids is 1. The van der Waals surface area contributed by atoms with Crippen LogP contribution < -0.4 is 5.32 Å². The fourth-order valence-corrected chi connectivity index (χ4v) is 4.75. The van der Waals surface area contributed by atoms with E-state index in [0.717, 1.165) is 5.56 Å². The van der Waals surface area contributed by atoms with Crippen molar-refractivity contribution in [1.29, 1.82) is 0 Å². The summed E-state index contributed by atoms with van der Waals surface area (Å²) in [6.45, 7) is 7.85. The number of hydrogen-bond acceptors (Lipinski definition) is 4. The van der Waals surface area contributed by atoms with Gasteiger partial charge in [-0.1, -0.05) is 0 Å². The molecule has 0 spiro atoms. The monoisotopic (exact) mass is 328 g/mol. The van der Waals surface area contributed by atoms with E-state index >= 15 is 0 Å². The molecule has 1 fully saturated rings. The molecule has 1 aromatic rings. The van der Waals surface area contributed by atoms with E-state index in [1.54, 1.807) is 11.3 Å².